The van der Waals surface area contributed by atoms with Gasteiger partial charge in [0.25, 0.3) is 5.91 Å². The van der Waals surface area contributed by atoms with E-state index >= 15 is 0 Å². The van der Waals surface area contributed by atoms with Gasteiger partial charge < -0.3 is 20.7 Å². The maximum atomic E-state index is 11.8. The Morgan fingerprint density at radius 3 is 2.53 bits per heavy atom. The van der Waals surface area contributed by atoms with Crippen LogP contribution in [0.15, 0.2) is 0 Å². The molecule has 0 aromatic carbocycles. The molecule has 1 unspecified atom stereocenters. The minimum Gasteiger partial charge on any atom is -0.370 e. The summed E-state index contributed by atoms with van der Waals surface area (Å²) in [4.78, 5) is 14.3. The molecule has 1 aliphatic carbocycles. The molecule has 3 N–H and O–H groups in total. The first-order chi connectivity index (χ1) is 8.24. The molecule has 0 aromatic rings. The Labute approximate surface area is 103 Å². The Balaban J connectivity index is 1.71. The standard InChI is InChI=1S/C12H23N3O2/c1-17-11(8-13)12(16)14-9-4-6-15(7-5-9)10-2-3-10/h9-11H,2-8,13H2,1H3,(H,14,16). The number of hydrogen-bond donors (Lipinski definition) is 2. The van der Waals surface area contributed by atoms with Crippen molar-refractivity contribution in [3.8, 4) is 0 Å². The molecule has 1 aliphatic heterocycles. The third-order valence-corrected chi connectivity index (χ3v) is 3.73. The summed E-state index contributed by atoms with van der Waals surface area (Å²) in [7, 11) is 1.52. The summed E-state index contributed by atoms with van der Waals surface area (Å²) in [5.74, 6) is -0.0696. The minimum atomic E-state index is -0.503. The Bertz CT molecular complexity index is 256. The summed E-state index contributed by atoms with van der Waals surface area (Å²) in [5.41, 5.74) is 5.47. The maximum Gasteiger partial charge on any atom is 0.250 e. The summed E-state index contributed by atoms with van der Waals surface area (Å²) in [6, 6.07) is 1.13. The third kappa shape index (κ3) is 3.40. The lowest BCUT2D eigenvalue weighted by molar-refractivity contribution is -0.131. The Morgan fingerprint density at radius 1 is 1.41 bits per heavy atom. The van der Waals surface area contributed by atoms with Crippen molar-refractivity contribution < 1.29 is 9.53 Å². The van der Waals surface area contributed by atoms with Gasteiger partial charge in [0.15, 0.2) is 0 Å². The number of rotatable bonds is 5. The van der Waals surface area contributed by atoms with Crippen molar-refractivity contribution in [1.82, 2.24) is 10.2 Å². The van der Waals surface area contributed by atoms with E-state index in [4.69, 9.17) is 10.5 Å². The van der Waals surface area contributed by atoms with Crippen LogP contribution in [0.1, 0.15) is 25.7 Å². The van der Waals surface area contributed by atoms with Crippen molar-refractivity contribution in [2.45, 2.75) is 43.9 Å². The zero-order valence-corrected chi connectivity index (χ0v) is 10.5. The van der Waals surface area contributed by atoms with Gasteiger partial charge in [0, 0.05) is 38.8 Å². The lowest BCUT2D eigenvalue weighted by atomic mass is 10.0. The van der Waals surface area contributed by atoms with Crippen LogP contribution in [0.5, 0.6) is 0 Å². The van der Waals surface area contributed by atoms with Gasteiger partial charge in [0.05, 0.1) is 0 Å². The Kier molecular flexibility index (Phi) is 4.36. The van der Waals surface area contributed by atoms with Gasteiger partial charge in [-0.2, -0.15) is 0 Å². The monoisotopic (exact) mass is 241 g/mol. The molecule has 0 spiro atoms. The highest BCUT2D eigenvalue weighted by molar-refractivity contribution is 5.81. The van der Waals surface area contributed by atoms with E-state index in [0.717, 1.165) is 32.0 Å². The molecule has 1 atom stereocenters. The van der Waals surface area contributed by atoms with Crippen LogP contribution in [0.25, 0.3) is 0 Å². The first-order valence-electron chi connectivity index (χ1n) is 6.52. The number of nitrogens with two attached hydrogens (primary N) is 1. The van der Waals surface area contributed by atoms with E-state index in [0.29, 0.717) is 6.04 Å². The molecule has 1 amide bonds. The van der Waals surface area contributed by atoms with Crippen LogP contribution in [0.2, 0.25) is 0 Å². The Hall–Kier alpha value is -0.650. The lowest BCUT2D eigenvalue weighted by Gasteiger charge is -2.32. The molecule has 0 aromatic heterocycles. The average molecular weight is 241 g/mol. The summed E-state index contributed by atoms with van der Waals surface area (Å²) in [6.45, 7) is 2.45. The lowest BCUT2D eigenvalue weighted by Crippen LogP contribution is -2.49. The number of hydrogen-bond acceptors (Lipinski definition) is 4. The molecular weight excluding hydrogens is 218 g/mol. The summed E-state index contributed by atoms with van der Waals surface area (Å²) < 4.78 is 5.02. The van der Waals surface area contributed by atoms with Gasteiger partial charge in [-0.25, -0.2) is 0 Å². The van der Waals surface area contributed by atoms with Crippen molar-refractivity contribution >= 4 is 5.91 Å². The molecular formula is C12H23N3O2. The fourth-order valence-electron chi connectivity index (χ4n) is 2.45. The van der Waals surface area contributed by atoms with E-state index in [1.807, 2.05) is 0 Å². The van der Waals surface area contributed by atoms with Crippen LogP contribution in [-0.2, 0) is 9.53 Å². The van der Waals surface area contributed by atoms with Crippen LogP contribution in [0.3, 0.4) is 0 Å². The topological polar surface area (TPSA) is 67.6 Å². The van der Waals surface area contributed by atoms with Crippen LogP contribution in [-0.4, -0.2) is 55.7 Å². The number of carbonyl (C=O) groups is 1. The van der Waals surface area contributed by atoms with Gasteiger partial charge in [-0.05, 0) is 25.7 Å². The smallest absolute Gasteiger partial charge is 0.250 e. The predicted octanol–water partition coefficient (Wildman–Crippen LogP) is -0.297. The number of ether oxygens (including phenoxy) is 1. The van der Waals surface area contributed by atoms with Crippen LogP contribution in [0.4, 0.5) is 0 Å². The van der Waals surface area contributed by atoms with Crippen LogP contribution >= 0.6 is 0 Å². The molecule has 2 fully saturated rings. The second-order valence-electron chi connectivity index (χ2n) is 5.01. The predicted molar refractivity (Wildman–Crippen MR) is 65.6 cm³/mol. The van der Waals surface area contributed by atoms with Crippen molar-refractivity contribution in [2.24, 2.45) is 5.73 Å². The van der Waals surface area contributed by atoms with E-state index in [1.54, 1.807) is 0 Å². The van der Waals surface area contributed by atoms with Crippen molar-refractivity contribution in [3.63, 3.8) is 0 Å². The number of nitrogens with one attached hydrogen (secondary N) is 1. The van der Waals surface area contributed by atoms with Gasteiger partial charge >= 0.3 is 0 Å². The molecule has 2 rings (SSSR count). The number of carbonyl (C=O) groups excluding carboxylic acids is 1. The molecule has 98 valence electrons. The van der Waals surface area contributed by atoms with Gasteiger partial charge in [-0.3, -0.25) is 4.79 Å². The van der Waals surface area contributed by atoms with E-state index in [-0.39, 0.29) is 12.5 Å². The van der Waals surface area contributed by atoms with Crippen molar-refractivity contribution in [2.75, 3.05) is 26.7 Å². The first-order valence-corrected chi connectivity index (χ1v) is 6.52. The quantitative estimate of drug-likeness (QED) is 0.693. The fourth-order valence-corrected chi connectivity index (χ4v) is 2.45. The second kappa shape index (κ2) is 5.80. The normalized spacial score (nSPS) is 24.6. The SMILES string of the molecule is COC(CN)C(=O)NC1CCN(C2CC2)CC1. The van der Waals surface area contributed by atoms with Gasteiger partial charge in [-0.15, -0.1) is 0 Å². The highest BCUT2D eigenvalue weighted by atomic mass is 16.5. The minimum absolute atomic E-state index is 0.0696. The largest absolute Gasteiger partial charge is 0.370 e. The van der Waals surface area contributed by atoms with Crippen molar-refractivity contribution in [3.05, 3.63) is 0 Å². The maximum absolute atomic E-state index is 11.8. The zero-order valence-electron chi connectivity index (χ0n) is 10.5. The van der Waals surface area contributed by atoms with E-state index in [1.165, 1.54) is 20.0 Å². The van der Waals surface area contributed by atoms with E-state index in [9.17, 15) is 4.79 Å². The van der Waals surface area contributed by atoms with Gasteiger partial charge in [-0.1, -0.05) is 0 Å². The Morgan fingerprint density at radius 2 is 2.06 bits per heavy atom. The molecule has 17 heavy (non-hydrogen) atoms. The summed E-state index contributed by atoms with van der Waals surface area (Å²) >= 11 is 0. The summed E-state index contributed by atoms with van der Waals surface area (Å²) in [5, 5.41) is 3.03. The van der Waals surface area contributed by atoms with Crippen molar-refractivity contribution in [1.29, 1.82) is 0 Å². The van der Waals surface area contributed by atoms with Gasteiger partial charge in [0.1, 0.15) is 6.10 Å². The molecule has 2 aliphatic rings. The van der Waals surface area contributed by atoms with E-state index in [2.05, 4.69) is 10.2 Å². The number of nitrogens with zero attached hydrogens (tertiary/aromatic N) is 1. The van der Waals surface area contributed by atoms with Crippen LogP contribution < -0.4 is 11.1 Å². The number of likely N-dealkylation sites (tertiary alicyclic amines) is 1. The number of piperidine rings is 1. The fraction of sp³-hybridized carbons (Fsp3) is 0.917. The molecule has 1 saturated heterocycles. The zero-order chi connectivity index (χ0) is 12.3. The average Bonchev–Trinajstić information content (AvgIpc) is 3.15. The molecule has 0 radical (unpaired) electrons. The summed E-state index contributed by atoms with van der Waals surface area (Å²) in [6.07, 6.45) is 4.30. The molecule has 1 saturated carbocycles. The molecule has 5 heteroatoms. The highest BCUT2D eigenvalue weighted by Gasteiger charge is 2.32. The second-order valence-corrected chi connectivity index (χ2v) is 5.01. The van der Waals surface area contributed by atoms with Crippen LogP contribution in [0, 0.1) is 0 Å². The first kappa shape index (κ1) is 12.8. The van der Waals surface area contributed by atoms with Gasteiger partial charge in [0.2, 0.25) is 0 Å². The third-order valence-electron chi connectivity index (χ3n) is 3.73. The number of methoxy groups -OCH3 is 1. The molecule has 0 bridgehead atoms. The molecule has 5 nitrogen and oxygen atoms in total. The molecule has 1 heterocycles. The highest BCUT2D eigenvalue weighted by Crippen LogP contribution is 2.29. The number of amides is 1. The van der Waals surface area contributed by atoms with E-state index < -0.39 is 6.10 Å².